The van der Waals surface area contributed by atoms with Crippen LogP contribution < -0.4 is 0 Å². The molecule has 0 saturated heterocycles. The number of hydrogen-bond donors (Lipinski definition) is 0. The lowest BCUT2D eigenvalue weighted by Gasteiger charge is -2.17. The van der Waals surface area contributed by atoms with Crippen LogP contribution in [0.2, 0.25) is 25.7 Å². The zero-order valence-corrected chi connectivity index (χ0v) is 17.3. The van der Waals surface area contributed by atoms with Crippen LogP contribution in [0.15, 0.2) is 16.9 Å². The molecule has 1 aliphatic carbocycles. The van der Waals surface area contributed by atoms with Gasteiger partial charge in [0.25, 0.3) is 0 Å². The first-order valence-electron chi connectivity index (χ1n) is 7.90. The standard InChI is InChI=1S/C17H25BrN2O2Si/c1-17(2,3)16(21)11-9-12(22-7-8-23(4,5)6)15-14(11)20-13(18)10-19-15/h9-10,12H,7-8H2,1-6H3. The molecule has 1 unspecified atom stereocenters. The fourth-order valence-corrected chi connectivity index (χ4v) is 3.31. The summed E-state index contributed by atoms with van der Waals surface area (Å²) in [5.74, 6) is 0.0717. The minimum absolute atomic E-state index is 0.0717. The van der Waals surface area contributed by atoms with Crippen molar-refractivity contribution in [3.8, 4) is 0 Å². The number of ether oxygens (including phenoxy) is 1. The van der Waals surface area contributed by atoms with Gasteiger partial charge in [-0.1, -0.05) is 40.4 Å². The van der Waals surface area contributed by atoms with Crippen molar-refractivity contribution in [3.05, 3.63) is 28.3 Å². The molecule has 2 rings (SSSR count). The summed E-state index contributed by atoms with van der Waals surface area (Å²) in [6.07, 6.45) is 3.27. The van der Waals surface area contributed by atoms with Gasteiger partial charge >= 0.3 is 0 Å². The maximum atomic E-state index is 12.7. The number of hydrogen-bond acceptors (Lipinski definition) is 4. The van der Waals surface area contributed by atoms with Crippen LogP contribution in [0.3, 0.4) is 0 Å². The van der Waals surface area contributed by atoms with Crippen molar-refractivity contribution in [2.75, 3.05) is 6.61 Å². The van der Waals surface area contributed by atoms with Gasteiger partial charge in [0.1, 0.15) is 10.7 Å². The average Bonchev–Trinajstić information content (AvgIpc) is 2.73. The molecular formula is C17H25BrN2O2Si. The number of rotatable bonds is 5. The molecule has 1 aromatic rings. The first-order chi connectivity index (χ1) is 10.5. The number of halogens is 1. The van der Waals surface area contributed by atoms with E-state index in [2.05, 4.69) is 45.5 Å². The van der Waals surface area contributed by atoms with Crippen LogP contribution in [0.5, 0.6) is 0 Å². The normalized spacial score (nSPS) is 17.9. The second kappa shape index (κ2) is 6.57. The molecule has 0 spiro atoms. The molecule has 1 aromatic heterocycles. The van der Waals surface area contributed by atoms with Crippen LogP contribution in [-0.4, -0.2) is 30.4 Å². The maximum Gasteiger partial charge on any atom is 0.170 e. The van der Waals surface area contributed by atoms with Gasteiger partial charge in [-0.05, 0) is 28.1 Å². The van der Waals surface area contributed by atoms with Crippen molar-refractivity contribution in [2.24, 2.45) is 5.41 Å². The van der Waals surface area contributed by atoms with Gasteiger partial charge in [-0.15, -0.1) is 0 Å². The Morgan fingerprint density at radius 2 is 2.00 bits per heavy atom. The maximum absolute atomic E-state index is 12.7. The summed E-state index contributed by atoms with van der Waals surface area (Å²) in [6, 6.07) is 1.08. The van der Waals surface area contributed by atoms with E-state index in [0.29, 0.717) is 22.5 Å². The lowest BCUT2D eigenvalue weighted by Crippen LogP contribution is -2.22. The Balaban J connectivity index is 2.28. The molecule has 1 aliphatic rings. The summed E-state index contributed by atoms with van der Waals surface area (Å²) >= 11 is 3.34. The van der Waals surface area contributed by atoms with E-state index in [9.17, 15) is 4.79 Å². The van der Waals surface area contributed by atoms with Crippen molar-refractivity contribution >= 4 is 35.4 Å². The molecule has 1 atom stereocenters. The average molecular weight is 397 g/mol. The van der Waals surface area contributed by atoms with Crippen molar-refractivity contribution in [3.63, 3.8) is 0 Å². The number of aromatic nitrogens is 2. The number of carbonyl (C=O) groups is 1. The predicted octanol–water partition coefficient (Wildman–Crippen LogP) is 4.65. The number of fused-ring (bicyclic) bond motifs is 1. The lowest BCUT2D eigenvalue weighted by molar-refractivity contribution is -0.120. The first kappa shape index (κ1) is 18.5. The van der Waals surface area contributed by atoms with Crippen molar-refractivity contribution in [2.45, 2.75) is 52.6 Å². The van der Waals surface area contributed by atoms with E-state index < -0.39 is 13.5 Å². The quantitative estimate of drug-likeness (QED) is 0.679. The van der Waals surface area contributed by atoms with Crippen LogP contribution >= 0.6 is 15.9 Å². The van der Waals surface area contributed by atoms with Crippen molar-refractivity contribution in [1.82, 2.24) is 9.97 Å². The number of ketones is 1. The Morgan fingerprint density at radius 1 is 1.35 bits per heavy atom. The van der Waals surface area contributed by atoms with E-state index in [0.717, 1.165) is 11.7 Å². The van der Waals surface area contributed by atoms with E-state index in [1.54, 1.807) is 6.20 Å². The summed E-state index contributed by atoms with van der Waals surface area (Å²) in [4.78, 5) is 21.6. The van der Waals surface area contributed by atoms with Crippen LogP contribution in [0.1, 0.15) is 38.3 Å². The van der Waals surface area contributed by atoms with E-state index in [4.69, 9.17) is 4.74 Å². The van der Waals surface area contributed by atoms with Crippen LogP contribution in [0.4, 0.5) is 0 Å². The molecule has 4 nitrogen and oxygen atoms in total. The topological polar surface area (TPSA) is 52.1 Å². The van der Waals surface area contributed by atoms with Gasteiger partial charge in [0, 0.05) is 25.7 Å². The zero-order valence-electron chi connectivity index (χ0n) is 14.7. The summed E-state index contributed by atoms with van der Waals surface area (Å²) in [5, 5.41) is 0. The molecular weight excluding hydrogens is 372 g/mol. The van der Waals surface area contributed by atoms with Gasteiger partial charge in [0.15, 0.2) is 5.78 Å². The van der Waals surface area contributed by atoms with Crippen LogP contribution in [0, 0.1) is 5.41 Å². The summed E-state index contributed by atoms with van der Waals surface area (Å²) in [6.45, 7) is 13.4. The Bertz CT molecular complexity index is 645. The SMILES string of the molecule is CC(C)(C)C(=O)C1=CC(OCC[Si](C)(C)C)c2ncc(Br)nc21. The Hall–Kier alpha value is -0.853. The number of allylic oxidation sites excluding steroid dienone is 1. The lowest BCUT2D eigenvalue weighted by atomic mass is 9.86. The molecule has 0 bridgehead atoms. The molecule has 23 heavy (non-hydrogen) atoms. The van der Waals surface area contributed by atoms with Gasteiger partial charge in [-0.25, -0.2) is 4.98 Å². The van der Waals surface area contributed by atoms with Crippen LogP contribution in [-0.2, 0) is 9.53 Å². The molecule has 0 fully saturated rings. The van der Waals surface area contributed by atoms with E-state index >= 15 is 0 Å². The molecule has 0 aromatic carbocycles. The molecule has 126 valence electrons. The minimum atomic E-state index is -1.15. The highest BCUT2D eigenvalue weighted by atomic mass is 79.9. The van der Waals surface area contributed by atoms with Gasteiger partial charge in [0.2, 0.25) is 0 Å². The third kappa shape index (κ3) is 4.58. The highest BCUT2D eigenvalue weighted by Crippen LogP contribution is 2.38. The Labute approximate surface area is 147 Å². The van der Waals surface area contributed by atoms with E-state index in [1.807, 2.05) is 26.8 Å². The van der Waals surface area contributed by atoms with Crippen LogP contribution in [0.25, 0.3) is 5.57 Å². The van der Waals surface area contributed by atoms with Crippen molar-refractivity contribution in [1.29, 1.82) is 0 Å². The van der Waals surface area contributed by atoms with Gasteiger partial charge < -0.3 is 4.74 Å². The molecule has 1 heterocycles. The highest BCUT2D eigenvalue weighted by molar-refractivity contribution is 9.10. The third-order valence-electron chi connectivity index (χ3n) is 3.69. The largest absolute Gasteiger partial charge is 0.368 e. The van der Waals surface area contributed by atoms with E-state index in [-0.39, 0.29) is 11.9 Å². The summed E-state index contributed by atoms with van der Waals surface area (Å²) < 4.78 is 6.66. The van der Waals surface area contributed by atoms with Gasteiger partial charge in [-0.3, -0.25) is 9.78 Å². The second-order valence-corrected chi connectivity index (χ2v) is 14.6. The van der Waals surface area contributed by atoms with Gasteiger partial charge in [-0.2, -0.15) is 0 Å². The molecule has 0 amide bonds. The number of Topliss-reactive ketones (excluding diaryl/α,β-unsaturated/α-hetero) is 1. The fourth-order valence-electron chi connectivity index (χ4n) is 2.30. The third-order valence-corrected chi connectivity index (χ3v) is 5.78. The van der Waals surface area contributed by atoms with Gasteiger partial charge in [0.05, 0.1) is 17.6 Å². The number of carbonyl (C=O) groups excluding carboxylic acids is 1. The molecule has 0 N–H and O–H groups in total. The number of nitrogens with zero attached hydrogens (tertiary/aromatic N) is 2. The fraction of sp³-hybridized carbons (Fsp3) is 0.588. The smallest absolute Gasteiger partial charge is 0.170 e. The highest BCUT2D eigenvalue weighted by Gasteiger charge is 2.35. The first-order valence-corrected chi connectivity index (χ1v) is 12.4. The minimum Gasteiger partial charge on any atom is -0.368 e. The molecule has 6 heteroatoms. The summed E-state index contributed by atoms with van der Waals surface area (Å²) in [7, 11) is -1.15. The Kier molecular flexibility index (Phi) is 5.28. The monoisotopic (exact) mass is 396 g/mol. The van der Waals surface area contributed by atoms with Crippen molar-refractivity contribution < 1.29 is 9.53 Å². The van der Waals surface area contributed by atoms with E-state index in [1.165, 1.54) is 0 Å². The summed E-state index contributed by atoms with van der Waals surface area (Å²) in [5.41, 5.74) is 1.56. The second-order valence-electron chi connectivity index (χ2n) is 8.19. The molecule has 0 radical (unpaired) electrons. The predicted molar refractivity (Wildman–Crippen MR) is 99.0 cm³/mol. The Morgan fingerprint density at radius 3 is 2.57 bits per heavy atom. The molecule has 0 saturated carbocycles. The molecule has 0 aliphatic heterocycles. The zero-order chi connectivity index (χ0) is 17.4.